The van der Waals surface area contributed by atoms with E-state index in [0.29, 0.717) is 16.4 Å². The Kier molecular flexibility index (Phi) is 2.65. The van der Waals surface area contributed by atoms with Crippen molar-refractivity contribution in [3.63, 3.8) is 0 Å². The summed E-state index contributed by atoms with van der Waals surface area (Å²) >= 11 is 6.05. The lowest BCUT2D eigenvalue weighted by Gasteiger charge is -2.07. The summed E-state index contributed by atoms with van der Waals surface area (Å²) in [4.78, 5) is 19.7. The molecule has 3 rings (SSSR count). The number of anilines is 1. The summed E-state index contributed by atoms with van der Waals surface area (Å²) in [6.45, 7) is 0. The van der Waals surface area contributed by atoms with Crippen molar-refractivity contribution in [2.45, 2.75) is 6.42 Å². The molecule has 92 valence electrons. The minimum absolute atomic E-state index is 0.0917. The Morgan fingerprint density at radius 2 is 2.16 bits per heavy atom. The van der Waals surface area contributed by atoms with Gasteiger partial charge in [-0.15, -0.1) is 0 Å². The number of carbonyl (C=O) groups is 1. The first-order chi connectivity index (χ1) is 9.19. The van der Waals surface area contributed by atoms with Crippen LogP contribution in [0.2, 0.25) is 5.02 Å². The lowest BCUT2D eigenvalue weighted by atomic mass is 10.0. The third kappa shape index (κ3) is 1.92. The van der Waals surface area contributed by atoms with E-state index in [2.05, 4.69) is 15.3 Å². The normalized spacial score (nSPS) is 12.7. The summed E-state index contributed by atoms with van der Waals surface area (Å²) in [7, 11) is 0. The van der Waals surface area contributed by atoms with Crippen LogP contribution in [0.4, 0.5) is 5.69 Å². The molecule has 2 aromatic rings. The second-order valence-electron chi connectivity index (χ2n) is 4.07. The third-order valence-electron chi connectivity index (χ3n) is 2.91. The first-order valence-corrected chi connectivity index (χ1v) is 5.90. The Labute approximate surface area is 113 Å². The summed E-state index contributed by atoms with van der Waals surface area (Å²) in [5.41, 5.74) is 3.12. The van der Waals surface area contributed by atoms with Crippen molar-refractivity contribution in [2.24, 2.45) is 0 Å². The number of amides is 1. The lowest BCUT2D eigenvalue weighted by molar-refractivity contribution is -0.115. The topological polar surface area (TPSA) is 78.7 Å². The largest absolute Gasteiger partial charge is 0.324 e. The van der Waals surface area contributed by atoms with Crippen molar-refractivity contribution in [3.8, 4) is 17.3 Å². The molecule has 1 aliphatic heterocycles. The highest BCUT2D eigenvalue weighted by atomic mass is 35.5. The zero-order valence-corrected chi connectivity index (χ0v) is 10.4. The molecule has 1 aliphatic rings. The summed E-state index contributed by atoms with van der Waals surface area (Å²) < 4.78 is 0. The Balaban J connectivity index is 2.14. The molecule has 0 saturated heterocycles. The standard InChI is InChI=1S/C13H7ClN4O/c14-10-2-1-8(9-3-12(19)18-13(9)10)11-6-16-7(4-15)5-17-11/h1-2,5-6H,3H2,(H,18,19). The van der Waals surface area contributed by atoms with E-state index < -0.39 is 0 Å². The molecule has 1 aromatic carbocycles. The summed E-state index contributed by atoms with van der Waals surface area (Å²) in [5, 5.41) is 11.9. The van der Waals surface area contributed by atoms with Crippen molar-refractivity contribution in [3.05, 3.63) is 40.8 Å². The maximum absolute atomic E-state index is 11.5. The number of halogens is 1. The highest BCUT2D eigenvalue weighted by Crippen LogP contribution is 2.37. The number of carbonyl (C=O) groups excluding carboxylic acids is 1. The van der Waals surface area contributed by atoms with Crippen LogP contribution in [0.15, 0.2) is 24.5 Å². The molecular formula is C13H7ClN4O. The number of nitrogens with zero attached hydrogens (tertiary/aromatic N) is 3. The quantitative estimate of drug-likeness (QED) is 0.861. The van der Waals surface area contributed by atoms with Gasteiger partial charge in [-0.1, -0.05) is 17.7 Å². The van der Waals surface area contributed by atoms with Crippen LogP contribution in [-0.2, 0) is 11.2 Å². The maximum atomic E-state index is 11.5. The number of rotatable bonds is 1. The molecule has 0 unspecified atom stereocenters. The Bertz CT molecular complexity index is 719. The highest BCUT2D eigenvalue weighted by molar-refractivity contribution is 6.34. The molecular weight excluding hydrogens is 264 g/mol. The van der Waals surface area contributed by atoms with E-state index in [9.17, 15) is 4.79 Å². The molecule has 0 aliphatic carbocycles. The fourth-order valence-electron chi connectivity index (χ4n) is 2.05. The molecule has 1 N–H and O–H groups in total. The van der Waals surface area contributed by atoms with Crippen molar-refractivity contribution >= 4 is 23.2 Å². The smallest absolute Gasteiger partial charge is 0.228 e. The average molecular weight is 271 g/mol. The zero-order valence-electron chi connectivity index (χ0n) is 9.64. The van der Waals surface area contributed by atoms with Crippen molar-refractivity contribution in [2.75, 3.05) is 5.32 Å². The van der Waals surface area contributed by atoms with Gasteiger partial charge in [0.1, 0.15) is 6.07 Å². The number of hydrogen-bond donors (Lipinski definition) is 1. The Morgan fingerprint density at radius 3 is 2.84 bits per heavy atom. The van der Waals surface area contributed by atoms with Crippen molar-refractivity contribution in [1.82, 2.24) is 9.97 Å². The number of aromatic nitrogens is 2. The van der Waals surface area contributed by atoms with Gasteiger partial charge in [0.15, 0.2) is 5.69 Å². The predicted molar refractivity (Wildman–Crippen MR) is 69.5 cm³/mol. The SMILES string of the molecule is N#Cc1cnc(-c2ccc(Cl)c3c2CC(=O)N3)cn1. The van der Waals surface area contributed by atoms with Crippen molar-refractivity contribution in [1.29, 1.82) is 5.26 Å². The zero-order chi connectivity index (χ0) is 13.4. The van der Waals surface area contributed by atoms with Gasteiger partial charge >= 0.3 is 0 Å². The molecule has 0 radical (unpaired) electrons. The van der Waals surface area contributed by atoms with Gasteiger partial charge in [-0.2, -0.15) is 5.26 Å². The van der Waals surface area contributed by atoms with Crippen LogP contribution < -0.4 is 5.32 Å². The number of nitrogens with one attached hydrogen (secondary N) is 1. The monoisotopic (exact) mass is 270 g/mol. The van der Waals surface area contributed by atoms with Crippen LogP contribution in [0, 0.1) is 11.3 Å². The van der Waals surface area contributed by atoms with E-state index in [1.807, 2.05) is 6.07 Å². The van der Waals surface area contributed by atoms with Crippen molar-refractivity contribution < 1.29 is 4.79 Å². The molecule has 1 amide bonds. The van der Waals surface area contributed by atoms with Crippen LogP contribution in [-0.4, -0.2) is 15.9 Å². The van der Waals surface area contributed by atoms with Gasteiger partial charge in [-0.25, -0.2) is 4.98 Å². The van der Waals surface area contributed by atoms with E-state index in [0.717, 1.165) is 11.1 Å². The van der Waals surface area contributed by atoms with Gasteiger partial charge in [0, 0.05) is 5.56 Å². The Hall–Kier alpha value is -2.45. The molecule has 1 aromatic heterocycles. The number of nitriles is 1. The highest BCUT2D eigenvalue weighted by Gasteiger charge is 2.24. The molecule has 19 heavy (non-hydrogen) atoms. The minimum Gasteiger partial charge on any atom is -0.324 e. The first-order valence-electron chi connectivity index (χ1n) is 5.53. The van der Waals surface area contributed by atoms with Crippen LogP contribution in [0.5, 0.6) is 0 Å². The first kappa shape index (κ1) is 11.6. The van der Waals surface area contributed by atoms with E-state index in [-0.39, 0.29) is 18.0 Å². The minimum atomic E-state index is -0.0917. The van der Waals surface area contributed by atoms with E-state index in [4.69, 9.17) is 16.9 Å². The molecule has 0 fully saturated rings. The van der Waals surface area contributed by atoms with Gasteiger partial charge in [0.2, 0.25) is 5.91 Å². The molecule has 0 bridgehead atoms. The van der Waals surface area contributed by atoms with Crippen LogP contribution in [0.25, 0.3) is 11.3 Å². The third-order valence-corrected chi connectivity index (χ3v) is 3.22. The number of fused-ring (bicyclic) bond motifs is 1. The molecule has 2 heterocycles. The molecule has 6 heteroatoms. The molecule has 0 spiro atoms. The van der Waals surface area contributed by atoms with Crippen LogP contribution in [0.3, 0.4) is 0 Å². The van der Waals surface area contributed by atoms with Gasteiger partial charge in [0.05, 0.1) is 35.2 Å². The lowest BCUT2D eigenvalue weighted by Crippen LogP contribution is -2.03. The Morgan fingerprint density at radius 1 is 1.32 bits per heavy atom. The van der Waals surface area contributed by atoms with Gasteiger partial charge in [-0.3, -0.25) is 9.78 Å². The van der Waals surface area contributed by atoms with Gasteiger partial charge in [-0.05, 0) is 11.6 Å². The summed E-state index contributed by atoms with van der Waals surface area (Å²) in [5.74, 6) is -0.0917. The van der Waals surface area contributed by atoms with Crippen LogP contribution >= 0.6 is 11.6 Å². The molecule has 5 nitrogen and oxygen atoms in total. The summed E-state index contributed by atoms with van der Waals surface area (Å²) in [6.07, 6.45) is 3.19. The average Bonchev–Trinajstić information content (AvgIpc) is 2.82. The van der Waals surface area contributed by atoms with E-state index in [1.165, 1.54) is 12.4 Å². The van der Waals surface area contributed by atoms with E-state index in [1.54, 1.807) is 12.1 Å². The van der Waals surface area contributed by atoms with E-state index >= 15 is 0 Å². The maximum Gasteiger partial charge on any atom is 0.228 e. The number of hydrogen-bond acceptors (Lipinski definition) is 4. The van der Waals surface area contributed by atoms with Gasteiger partial charge in [0.25, 0.3) is 0 Å². The molecule has 0 atom stereocenters. The summed E-state index contributed by atoms with van der Waals surface area (Å²) in [6, 6.07) is 5.43. The van der Waals surface area contributed by atoms with Gasteiger partial charge < -0.3 is 5.32 Å². The number of benzene rings is 1. The second-order valence-corrected chi connectivity index (χ2v) is 4.48. The molecule has 0 saturated carbocycles. The predicted octanol–water partition coefficient (Wildman–Crippen LogP) is 2.16. The second kappa shape index (κ2) is 4.34. The fraction of sp³-hybridized carbons (Fsp3) is 0.0769. The van der Waals surface area contributed by atoms with Crippen LogP contribution in [0.1, 0.15) is 11.3 Å². The fourth-order valence-corrected chi connectivity index (χ4v) is 2.27.